The summed E-state index contributed by atoms with van der Waals surface area (Å²) in [5.74, 6) is 0.563. The molecule has 1 fully saturated rings. The predicted octanol–water partition coefficient (Wildman–Crippen LogP) is 4.62. The molecule has 1 saturated carbocycles. The minimum atomic E-state index is 0.108. The number of nitrogens with two attached hydrogens (primary N) is 1. The lowest BCUT2D eigenvalue weighted by atomic mass is 9.63. The molecule has 0 aromatic heterocycles. The van der Waals surface area contributed by atoms with E-state index in [2.05, 4.69) is 24.3 Å². The number of carbonyl (C=O) groups is 1. The lowest BCUT2D eigenvalue weighted by Crippen LogP contribution is -2.47. The van der Waals surface area contributed by atoms with Crippen LogP contribution in [0.25, 0.3) is 0 Å². The number of carbonyl (C=O) groups excluding carboxylic acids is 1. The maximum atomic E-state index is 12.3. The summed E-state index contributed by atoms with van der Waals surface area (Å²) < 4.78 is 0. The van der Waals surface area contributed by atoms with E-state index < -0.39 is 0 Å². The van der Waals surface area contributed by atoms with E-state index in [0.717, 1.165) is 37.1 Å². The SMILES string of the molecule is CC(=O)N(Cc1ccccc1)C1CCC(CN)(C2C=CC=C(Cl)C2)CC1. The zero-order valence-corrected chi connectivity index (χ0v) is 16.3. The van der Waals surface area contributed by atoms with Crippen LogP contribution in [0.5, 0.6) is 0 Å². The number of hydrogen-bond donors (Lipinski definition) is 1. The Balaban J connectivity index is 1.68. The van der Waals surface area contributed by atoms with Crippen LogP contribution < -0.4 is 5.73 Å². The van der Waals surface area contributed by atoms with Crippen LogP contribution in [0.15, 0.2) is 53.6 Å². The molecule has 1 atom stereocenters. The molecule has 0 spiro atoms. The second-order valence-corrected chi connectivity index (χ2v) is 8.22. The first-order valence-electron chi connectivity index (χ1n) is 9.58. The summed E-state index contributed by atoms with van der Waals surface area (Å²) in [6, 6.07) is 10.5. The van der Waals surface area contributed by atoms with Crippen LogP contribution in [0.4, 0.5) is 0 Å². The number of nitrogens with zero attached hydrogens (tertiary/aromatic N) is 1. The molecule has 1 aromatic rings. The Hall–Kier alpha value is -1.58. The largest absolute Gasteiger partial charge is 0.336 e. The predicted molar refractivity (Wildman–Crippen MR) is 108 cm³/mol. The number of hydrogen-bond acceptors (Lipinski definition) is 2. The molecule has 1 amide bonds. The van der Waals surface area contributed by atoms with Gasteiger partial charge in [-0.1, -0.05) is 54.1 Å². The van der Waals surface area contributed by atoms with Crippen molar-refractivity contribution in [3.63, 3.8) is 0 Å². The number of halogens is 1. The molecule has 3 nitrogen and oxygen atoms in total. The van der Waals surface area contributed by atoms with E-state index in [1.807, 2.05) is 29.2 Å². The Kier molecular flexibility index (Phi) is 6.20. The first kappa shape index (κ1) is 19.2. The second kappa shape index (κ2) is 8.41. The van der Waals surface area contributed by atoms with Gasteiger partial charge in [-0.2, -0.15) is 0 Å². The third-order valence-electron chi connectivity index (χ3n) is 6.22. The van der Waals surface area contributed by atoms with Gasteiger partial charge in [0, 0.05) is 24.5 Å². The monoisotopic (exact) mass is 372 g/mol. The molecule has 4 heteroatoms. The lowest BCUT2D eigenvalue weighted by molar-refractivity contribution is -0.133. The zero-order chi connectivity index (χ0) is 18.6. The van der Waals surface area contributed by atoms with Gasteiger partial charge in [-0.05, 0) is 61.6 Å². The van der Waals surface area contributed by atoms with Gasteiger partial charge in [-0.3, -0.25) is 4.79 Å². The third-order valence-corrected chi connectivity index (χ3v) is 6.50. The smallest absolute Gasteiger partial charge is 0.219 e. The molecule has 1 aromatic carbocycles. The van der Waals surface area contributed by atoms with Gasteiger partial charge in [0.25, 0.3) is 0 Å². The summed E-state index contributed by atoms with van der Waals surface area (Å²) in [6.45, 7) is 3.05. The van der Waals surface area contributed by atoms with Gasteiger partial charge in [0.05, 0.1) is 0 Å². The van der Waals surface area contributed by atoms with Crippen molar-refractivity contribution in [1.82, 2.24) is 4.90 Å². The summed E-state index contributed by atoms with van der Waals surface area (Å²) in [7, 11) is 0. The molecular formula is C22H29ClN2O. The van der Waals surface area contributed by atoms with E-state index in [9.17, 15) is 4.79 Å². The van der Waals surface area contributed by atoms with Crippen molar-refractivity contribution in [3.8, 4) is 0 Å². The highest BCUT2D eigenvalue weighted by atomic mass is 35.5. The first-order chi connectivity index (χ1) is 12.5. The highest BCUT2D eigenvalue weighted by Crippen LogP contribution is 2.47. The van der Waals surface area contributed by atoms with Crippen molar-refractivity contribution < 1.29 is 4.79 Å². The molecule has 0 saturated heterocycles. The molecule has 0 heterocycles. The van der Waals surface area contributed by atoms with Crippen LogP contribution in [0.1, 0.15) is 44.6 Å². The molecule has 0 aliphatic heterocycles. The van der Waals surface area contributed by atoms with E-state index in [1.54, 1.807) is 6.92 Å². The molecule has 2 aliphatic carbocycles. The van der Waals surface area contributed by atoms with Crippen LogP contribution in [0, 0.1) is 11.3 Å². The number of allylic oxidation sites excluding steroid dienone is 4. The summed E-state index contributed by atoms with van der Waals surface area (Å²) >= 11 is 6.28. The normalized spacial score (nSPS) is 28.5. The highest BCUT2D eigenvalue weighted by molar-refractivity contribution is 6.29. The first-order valence-corrected chi connectivity index (χ1v) is 9.96. The minimum absolute atomic E-state index is 0.108. The number of amides is 1. The van der Waals surface area contributed by atoms with Gasteiger partial charge in [0.15, 0.2) is 0 Å². The fourth-order valence-electron chi connectivity index (χ4n) is 4.55. The summed E-state index contributed by atoms with van der Waals surface area (Å²) in [5.41, 5.74) is 7.54. The van der Waals surface area contributed by atoms with E-state index in [-0.39, 0.29) is 11.3 Å². The Bertz CT molecular complexity index is 675. The van der Waals surface area contributed by atoms with Crippen molar-refractivity contribution in [1.29, 1.82) is 0 Å². The van der Waals surface area contributed by atoms with Crippen LogP contribution in [-0.4, -0.2) is 23.4 Å². The Morgan fingerprint density at radius 2 is 1.96 bits per heavy atom. The van der Waals surface area contributed by atoms with Crippen molar-refractivity contribution in [3.05, 3.63) is 59.2 Å². The fourth-order valence-corrected chi connectivity index (χ4v) is 4.79. The second-order valence-electron chi connectivity index (χ2n) is 7.74. The van der Waals surface area contributed by atoms with Gasteiger partial charge in [0.1, 0.15) is 0 Å². The molecule has 0 bridgehead atoms. The molecule has 26 heavy (non-hydrogen) atoms. The van der Waals surface area contributed by atoms with Crippen molar-refractivity contribution >= 4 is 17.5 Å². The highest BCUT2D eigenvalue weighted by Gasteiger charge is 2.41. The van der Waals surface area contributed by atoms with E-state index in [0.29, 0.717) is 25.0 Å². The summed E-state index contributed by atoms with van der Waals surface area (Å²) in [5, 5.41) is 0.918. The van der Waals surface area contributed by atoms with E-state index >= 15 is 0 Å². The molecule has 2 N–H and O–H groups in total. The van der Waals surface area contributed by atoms with Gasteiger partial charge >= 0.3 is 0 Å². The van der Waals surface area contributed by atoms with Crippen molar-refractivity contribution in [2.24, 2.45) is 17.1 Å². The van der Waals surface area contributed by atoms with Gasteiger partial charge in [-0.15, -0.1) is 0 Å². The quantitative estimate of drug-likeness (QED) is 0.819. The Morgan fingerprint density at radius 1 is 1.27 bits per heavy atom. The van der Waals surface area contributed by atoms with Gasteiger partial charge in [0.2, 0.25) is 5.91 Å². The van der Waals surface area contributed by atoms with Gasteiger partial charge in [-0.25, -0.2) is 0 Å². The molecule has 2 aliphatic rings. The summed E-state index contributed by atoms with van der Waals surface area (Å²) in [6.07, 6.45) is 11.3. The fraction of sp³-hybridized carbons (Fsp3) is 0.500. The van der Waals surface area contributed by atoms with Gasteiger partial charge < -0.3 is 10.6 Å². The number of benzene rings is 1. The maximum Gasteiger partial charge on any atom is 0.219 e. The Labute approximate surface area is 161 Å². The average molecular weight is 373 g/mol. The Morgan fingerprint density at radius 3 is 2.54 bits per heavy atom. The topological polar surface area (TPSA) is 46.3 Å². The van der Waals surface area contributed by atoms with Crippen molar-refractivity contribution in [2.75, 3.05) is 6.54 Å². The van der Waals surface area contributed by atoms with Crippen LogP contribution in [0.2, 0.25) is 0 Å². The van der Waals surface area contributed by atoms with E-state index in [4.69, 9.17) is 17.3 Å². The molecule has 140 valence electrons. The molecule has 0 radical (unpaired) electrons. The molecule has 3 rings (SSSR count). The number of rotatable bonds is 5. The molecule has 1 unspecified atom stereocenters. The minimum Gasteiger partial charge on any atom is -0.336 e. The van der Waals surface area contributed by atoms with Crippen LogP contribution in [-0.2, 0) is 11.3 Å². The maximum absolute atomic E-state index is 12.3. The third kappa shape index (κ3) is 4.21. The van der Waals surface area contributed by atoms with E-state index in [1.165, 1.54) is 5.56 Å². The summed E-state index contributed by atoms with van der Waals surface area (Å²) in [4.78, 5) is 14.3. The van der Waals surface area contributed by atoms with Crippen molar-refractivity contribution in [2.45, 2.75) is 51.6 Å². The molecular weight excluding hydrogens is 344 g/mol. The standard InChI is InChI=1S/C22H29ClN2O/c1-17(26)25(15-18-6-3-2-4-7-18)21-10-12-22(16-24,13-11-21)19-8-5-9-20(23)14-19/h2-9,19,21H,10-16,24H2,1H3. The zero-order valence-electron chi connectivity index (χ0n) is 15.5. The van der Waals surface area contributed by atoms with Crippen LogP contribution in [0.3, 0.4) is 0 Å². The average Bonchev–Trinajstić information content (AvgIpc) is 2.67. The van der Waals surface area contributed by atoms with Crippen LogP contribution >= 0.6 is 11.6 Å². The lowest BCUT2D eigenvalue weighted by Gasteiger charge is -2.47.